The average Bonchev–Trinajstić information content (AvgIpc) is 2.26. The summed E-state index contributed by atoms with van der Waals surface area (Å²) in [6.07, 6.45) is 2.89. The maximum atomic E-state index is 11.4. The van der Waals surface area contributed by atoms with Crippen molar-refractivity contribution in [3.05, 3.63) is 22.5 Å². The minimum atomic E-state index is -0.0957. The van der Waals surface area contributed by atoms with Gasteiger partial charge in [0.1, 0.15) is 0 Å². The second-order valence-electron chi connectivity index (χ2n) is 3.19. The van der Waals surface area contributed by atoms with Crippen molar-refractivity contribution in [2.45, 2.75) is 25.8 Å². The summed E-state index contributed by atoms with van der Waals surface area (Å²) in [7, 11) is 1.53. The van der Waals surface area contributed by atoms with Gasteiger partial charge in [-0.25, -0.2) is 4.68 Å². The van der Waals surface area contributed by atoms with Crippen LogP contribution in [0.25, 0.3) is 0 Å². The van der Waals surface area contributed by atoms with Gasteiger partial charge in [0.05, 0.1) is 7.11 Å². The zero-order valence-electron chi connectivity index (χ0n) is 8.78. The van der Waals surface area contributed by atoms with Gasteiger partial charge in [0.2, 0.25) is 5.88 Å². The molecule has 0 N–H and O–H groups in total. The Morgan fingerprint density at radius 3 is 2.87 bits per heavy atom. The number of alkyl halides is 1. The Balaban J connectivity index is 2.55. The predicted octanol–water partition coefficient (Wildman–Crippen LogP) is 1.66. The molecule has 1 heterocycles. The van der Waals surface area contributed by atoms with Crippen LogP contribution in [0.4, 0.5) is 0 Å². The number of hydrogen-bond donors (Lipinski definition) is 0. The van der Waals surface area contributed by atoms with Crippen molar-refractivity contribution in [2.24, 2.45) is 0 Å². The van der Waals surface area contributed by atoms with Gasteiger partial charge in [0, 0.05) is 24.6 Å². The van der Waals surface area contributed by atoms with Gasteiger partial charge in [-0.1, -0.05) is 6.42 Å². The van der Waals surface area contributed by atoms with Crippen molar-refractivity contribution in [1.82, 2.24) is 9.78 Å². The van der Waals surface area contributed by atoms with Crippen molar-refractivity contribution in [1.29, 1.82) is 0 Å². The fourth-order valence-corrected chi connectivity index (χ4v) is 1.42. The lowest BCUT2D eigenvalue weighted by molar-refractivity contribution is 0.373. The molecular weight excluding hydrogens is 216 g/mol. The molecule has 0 spiro atoms. The molecule has 0 fully saturated rings. The first-order valence-corrected chi connectivity index (χ1v) is 5.49. The first-order chi connectivity index (χ1) is 7.27. The lowest BCUT2D eigenvalue weighted by Gasteiger charge is -2.05. The Morgan fingerprint density at radius 2 is 2.20 bits per heavy atom. The zero-order chi connectivity index (χ0) is 11.1. The third-order valence-corrected chi connectivity index (χ3v) is 2.32. The molecule has 0 radical (unpaired) electrons. The number of aryl methyl sites for hydroxylation is 1. The lowest BCUT2D eigenvalue weighted by Crippen LogP contribution is -2.22. The van der Waals surface area contributed by atoms with E-state index in [4.69, 9.17) is 16.3 Å². The Labute approximate surface area is 93.8 Å². The van der Waals surface area contributed by atoms with Crippen molar-refractivity contribution in [3.8, 4) is 5.88 Å². The number of rotatable bonds is 6. The SMILES string of the molecule is COc1ccc(=O)n(CCCCCCl)n1. The summed E-state index contributed by atoms with van der Waals surface area (Å²) in [6.45, 7) is 0.618. The van der Waals surface area contributed by atoms with E-state index in [1.165, 1.54) is 17.9 Å². The molecule has 1 aromatic rings. The van der Waals surface area contributed by atoms with Gasteiger partial charge in [-0.3, -0.25) is 4.79 Å². The van der Waals surface area contributed by atoms with E-state index in [0.717, 1.165) is 19.3 Å². The Bertz CT molecular complexity index is 352. The topological polar surface area (TPSA) is 44.1 Å². The van der Waals surface area contributed by atoms with Crippen LogP contribution >= 0.6 is 11.6 Å². The van der Waals surface area contributed by atoms with Gasteiger partial charge in [-0.2, -0.15) is 0 Å². The normalized spacial score (nSPS) is 10.3. The summed E-state index contributed by atoms with van der Waals surface area (Å²) in [5.74, 6) is 1.13. The van der Waals surface area contributed by atoms with Crippen molar-refractivity contribution < 1.29 is 4.74 Å². The minimum absolute atomic E-state index is 0.0957. The molecule has 1 rings (SSSR count). The van der Waals surface area contributed by atoms with Gasteiger partial charge >= 0.3 is 0 Å². The summed E-state index contributed by atoms with van der Waals surface area (Å²) in [4.78, 5) is 11.4. The van der Waals surface area contributed by atoms with Crippen LogP contribution < -0.4 is 10.3 Å². The molecule has 0 amide bonds. The van der Waals surface area contributed by atoms with Crippen LogP contribution in [0.15, 0.2) is 16.9 Å². The number of nitrogens with zero attached hydrogens (tertiary/aromatic N) is 2. The minimum Gasteiger partial charge on any atom is -0.480 e. The van der Waals surface area contributed by atoms with Gasteiger partial charge in [-0.15, -0.1) is 16.7 Å². The third-order valence-electron chi connectivity index (χ3n) is 2.05. The largest absolute Gasteiger partial charge is 0.480 e. The molecule has 0 aliphatic rings. The van der Waals surface area contributed by atoms with Gasteiger partial charge in [0.15, 0.2) is 0 Å². The van der Waals surface area contributed by atoms with Gasteiger partial charge in [-0.05, 0) is 12.8 Å². The first kappa shape index (κ1) is 12.0. The number of methoxy groups -OCH3 is 1. The van der Waals surface area contributed by atoms with Crippen LogP contribution in [0, 0.1) is 0 Å². The van der Waals surface area contributed by atoms with Gasteiger partial charge in [0.25, 0.3) is 5.56 Å². The van der Waals surface area contributed by atoms with Crippen LogP contribution in [0.5, 0.6) is 5.88 Å². The van der Waals surface area contributed by atoms with Crippen LogP contribution in [0.1, 0.15) is 19.3 Å². The highest BCUT2D eigenvalue weighted by Crippen LogP contribution is 2.02. The zero-order valence-corrected chi connectivity index (χ0v) is 9.54. The van der Waals surface area contributed by atoms with E-state index in [0.29, 0.717) is 18.3 Å². The van der Waals surface area contributed by atoms with E-state index in [9.17, 15) is 4.79 Å². The number of unbranched alkanes of at least 4 members (excludes halogenated alkanes) is 2. The highest BCUT2D eigenvalue weighted by molar-refractivity contribution is 6.17. The fraction of sp³-hybridized carbons (Fsp3) is 0.600. The van der Waals surface area contributed by atoms with Crippen LogP contribution in [-0.4, -0.2) is 22.8 Å². The summed E-state index contributed by atoms with van der Waals surface area (Å²) in [5, 5.41) is 4.04. The first-order valence-electron chi connectivity index (χ1n) is 4.96. The quantitative estimate of drug-likeness (QED) is 0.552. The molecule has 0 bridgehead atoms. The molecule has 15 heavy (non-hydrogen) atoms. The Morgan fingerprint density at radius 1 is 1.40 bits per heavy atom. The van der Waals surface area contributed by atoms with E-state index in [1.54, 1.807) is 6.07 Å². The Hall–Kier alpha value is -1.03. The molecule has 84 valence electrons. The predicted molar refractivity (Wildman–Crippen MR) is 59.6 cm³/mol. The van der Waals surface area contributed by atoms with Crippen LogP contribution in [-0.2, 0) is 6.54 Å². The number of aromatic nitrogens is 2. The smallest absolute Gasteiger partial charge is 0.266 e. The number of hydrogen-bond acceptors (Lipinski definition) is 3. The third kappa shape index (κ3) is 3.91. The molecule has 0 atom stereocenters. The Kier molecular flexibility index (Phi) is 5.18. The van der Waals surface area contributed by atoms with Crippen molar-refractivity contribution in [2.75, 3.05) is 13.0 Å². The maximum Gasteiger partial charge on any atom is 0.266 e. The monoisotopic (exact) mass is 230 g/mol. The maximum absolute atomic E-state index is 11.4. The summed E-state index contributed by atoms with van der Waals surface area (Å²) >= 11 is 5.56. The summed E-state index contributed by atoms with van der Waals surface area (Å²) in [5.41, 5.74) is -0.0957. The van der Waals surface area contributed by atoms with E-state index >= 15 is 0 Å². The van der Waals surface area contributed by atoms with Crippen LogP contribution in [0.2, 0.25) is 0 Å². The molecule has 5 heteroatoms. The molecule has 0 unspecified atom stereocenters. The fourth-order valence-electron chi connectivity index (χ4n) is 1.23. The summed E-state index contributed by atoms with van der Waals surface area (Å²) in [6, 6.07) is 3.03. The molecule has 0 aliphatic heterocycles. The highest BCUT2D eigenvalue weighted by Gasteiger charge is 1.99. The highest BCUT2D eigenvalue weighted by atomic mass is 35.5. The molecule has 4 nitrogen and oxygen atoms in total. The van der Waals surface area contributed by atoms with Crippen molar-refractivity contribution >= 4 is 11.6 Å². The molecule has 1 aromatic heterocycles. The average molecular weight is 231 g/mol. The van der Waals surface area contributed by atoms with E-state index < -0.39 is 0 Å². The molecule has 0 aliphatic carbocycles. The number of ether oxygens (including phenoxy) is 1. The number of halogens is 1. The van der Waals surface area contributed by atoms with Crippen LogP contribution in [0.3, 0.4) is 0 Å². The van der Waals surface area contributed by atoms with Crippen molar-refractivity contribution in [3.63, 3.8) is 0 Å². The molecular formula is C10H15ClN2O2. The molecule has 0 saturated carbocycles. The van der Waals surface area contributed by atoms with E-state index in [-0.39, 0.29) is 5.56 Å². The second kappa shape index (κ2) is 6.45. The lowest BCUT2D eigenvalue weighted by atomic mass is 10.2. The standard InChI is InChI=1S/C10H15ClN2O2/c1-15-9-5-6-10(14)13(12-9)8-4-2-3-7-11/h5-6H,2-4,7-8H2,1H3. The van der Waals surface area contributed by atoms with E-state index in [1.807, 2.05) is 0 Å². The molecule has 0 aromatic carbocycles. The van der Waals surface area contributed by atoms with Gasteiger partial charge < -0.3 is 4.74 Å². The van der Waals surface area contributed by atoms with E-state index in [2.05, 4.69) is 5.10 Å². The second-order valence-corrected chi connectivity index (χ2v) is 3.56. The summed E-state index contributed by atoms with van der Waals surface area (Å²) < 4.78 is 6.37. The molecule has 0 saturated heterocycles.